The van der Waals surface area contributed by atoms with Gasteiger partial charge in [0.1, 0.15) is 12.2 Å². The number of carbonyl (C=O) groups is 1. The van der Waals surface area contributed by atoms with Gasteiger partial charge in [-0.3, -0.25) is 4.79 Å². The van der Waals surface area contributed by atoms with E-state index in [2.05, 4.69) is 19.2 Å². The van der Waals surface area contributed by atoms with Crippen molar-refractivity contribution in [1.29, 1.82) is 0 Å². The van der Waals surface area contributed by atoms with Gasteiger partial charge in [-0.2, -0.15) is 0 Å². The van der Waals surface area contributed by atoms with Crippen molar-refractivity contribution in [1.82, 2.24) is 5.32 Å². The molecule has 6 nitrogen and oxygen atoms in total. The molecule has 0 aliphatic carbocycles. The zero-order valence-electron chi connectivity index (χ0n) is 42.9. The average Bonchev–Trinajstić information content (AvgIpc) is 3.29. The summed E-state index contributed by atoms with van der Waals surface area (Å²) in [6.45, 7) is 4.09. The predicted molar refractivity (Wildman–Crippen MR) is 275 cm³/mol. The first kappa shape index (κ1) is 62.3. The molecule has 0 aromatic rings. The second kappa shape index (κ2) is 52.3. The molecule has 0 saturated heterocycles. The van der Waals surface area contributed by atoms with Crippen molar-refractivity contribution in [2.45, 2.75) is 353 Å². The largest absolute Gasteiger partial charge is 0.394 e. The molecule has 0 aliphatic rings. The van der Waals surface area contributed by atoms with Crippen LogP contribution in [0.25, 0.3) is 0 Å². The van der Waals surface area contributed by atoms with Crippen LogP contribution in [0.2, 0.25) is 0 Å². The Labute approximate surface area is 394 Å². The molecule has 0 fully saturated rings. The van der Waals surface area contributed by atoms with E-state index in [-0.39, 0.29) is 0 Å². The first-order chi connectivity index (χ1) is 31.0. The molecule has 0 spiro atoms. The van der Waals surface area contributed by atoms with E-state index in [4.69, 9.17) is 0 Å². The Morgan fingerprint density at radius 3 is 0.762 bits per heavy atom. The van der Waals surface area contributed by atoms with Gasteiger partial charge in [0, 0.05) is 0 Å². The van der Waals surface area contributed by atoms with E-state index in [1.165, 1.54) is 263 Å². The molecule has 378 valence electrons. The first-order valence-electron chi connectivity index (χ1n) is 28.9. The molecule has 0 saturated carbocycles. The van der Waals surface area contributed by atoms with Crippen LogP contribution in [-0.2, 0) is 4.79 Å². The van der Waals surface area contributed by atoms with Crippen LogP contribution in [0.4, 0.5) is 0 Å². The van der Waals surface area contributed by atoms with Crippen molar-refractivity contribution < 1.29 is 25.2 Å². The topological polar surface area (TPSA) is 110 Å². The highest BCUT2D eigenvalue weighted by Crippen LogP contribution is 2.19. The van der Waals surface area contributed by atoms with Crippen molar-refractivity contribution >= 4 is 5.91 Å². The molecular weight excluding hydrogens is 779 g/mol. The fourth-order valence-corrected chi connectivity index (χ4v) is 9.53. The van der Waals surface area contributed by atoms with Crippen LogP contribution in [-0.4, -0.2) is 57.3 Å². The van der Waals surface area contributed by atoms with Crippen LogP contribution in [0.15, 0.2) is 0 Å². The van der Waals surface area contributed by atoms with Crippen molar-refractivity contribution in [2.75, 3.05) is 6.61 Å². The van der Waals surface area contributed by atoms with Crippen molar-refractivity contribution in [2.24, 2.45) is 0 Å². The van der Waals surface area contributed by atoms with Crippen LogP contribution < -0.4 is 5.32 Å². The Bertz CT molecular complexity index is 871. The van der Waals surface area contributed by atoms with Crippen LogP contribution >= 0.6 is 0 Å². The summed E-state index contributed by atoms with van der Waals surface area (Å²) in [5, 5.41) is 44.0. The maximum Gasteiger partial charge on any atom is 0.249 e. The fraction of sp³-hybridized carbons (Fsp3) is 0.982. The third-order valence-electron chi connectivity index (χ3n) is 14.1. The quantitative estimate of drug-likeness (QED) is 0.0391. The molecule has 0 radical (unpaired) electrons. The SMILES string of the molecule is CCCCCCCCCCCCCCCCCCCCCCCCCCCCCCCCCC(O)C(=O)NC(CO)C(O)C(O)CCCCCCCCCCCCCCCCCC. The molecule has 0 aromatic carbocycles. The third kappa shape index (κ3) is 46.2. The molecule has 0 rings (SSSR count). The van der Waals surface area contributed by atoms with E-state index in [0.717, 1.165) is 38.5 Å². The van der Waals surface area contributed by atoms with Gasteiger partial charge in [0.25, 0.3) is 0 Å². The van der Waals surface area contributed by atoms with Gasteiger partial charge in [-0.25, -0.2) is 0 Å². The molecular formula is C57H115NO5. The van der Waals surface area contributed by atoms with Crippen molar-refractivity contribution in [3.63, 3.8) is 0 Å². The van der Waals surface area contributed by atoms with E-state index in [0.29, 0.717) is 12.8 Å². The Kier molecular flexibility index (Phi) is 51.7. The van der Waals surface area contributed by atoms with Gasteiger partial charge in [-0.15, -0.1) is 0 Å². The Balaban J connectivity index is 3.53. The smallest absolute Gasteiger partial charge is 0.249 e. The number of nitrogens with one attached hydrogen (secondary N) is 1. The van der Waals surface area contributed by atoms with E-state index < -0.39 is 36.9 Å². The monoisotopic (exact) mass is 894 g/mol. The van der Waals surface area contributed by atoms with Gasteiger partial charge in [0.05, 0.1) is 18.8 Å². The zero-order chi connectivity index (χ0) is 45.9. The summed E-state index contributed by atoms with van der Waals surface area (Å²) in [5.74, 6) is -0.576. The van der Waals surface area contributed by atoms with Gasteiger partial charge in [-0.1, -0.05) is 316 Å². The van der Waals surface area contributed by atoms with Crippen LogP contribution in [0.3, 0.4) is 0 Å². The molecule has 63 heavy (non-hydrogen) atoms. The lowest BCUT2D eigenvalue weighted by atomic mass is 9.99. The van der Waals surface area contributed by atoms with Crippen LogP contribution in [0, 0.1) is 0 Å². The van der Waals surface area contributed by atoms with Crippen molar-refractivity contribution in [3.05, 3.63) is 0 Å². The van der Waals surface area contributed by atoms with Gasteiger partial charge in [0.2, 0.25) is 5.91 Å². The number of hydrogen-bond donors (Lipinski definition) is 5. The highest BCUT2D eigenvalue weighted by atomic mass is 16.3. The predicted octanol–water partition coefficient (Wildman–Crippen LogP) is 16.7. The van der Waals surface area contributed by atoms with Gasteiger partial charge >= 0.3 is 0 Å². The number of unbranched alkanes of at least 4 members (excludes halogenated alkanes) is 45. The molecule has 0 bridgehead atoms. The second-order valence-corrected chi connectivity index (χ2v) is 20.4. The minimum atomic E-state index is -1.25. The highest BCUT2D eigenvalue weighted by molar-refractivity contribution is 5.80. The molecule has 4 atom stereocenters. The fourth-order valence-electron chi connectivity index (χ4n) is 9.53. The Morgan fingerprint density at radius 1 is 0.333 bits per heavy atom. The van der Waals surface area contributed by atoms with E-state index in [1.54, 1.807) is 0 Å². The summed E-state index contributed by atoms with van der Waals surface area (Å²) in [7, 11) is 0. The van der Waals surface area contributed by atoms with Crippen molar-refractivity contribution in [3.8, 4) is 0 Å². The second-order valence-electron chi connectivity index (χ2n) is 20.4. The molecule has 5 N–H and O–H groups in total. The van der Waals surface area contributed by atoms with Crippen LogP contribution in [0.5, 0.6) is 0 Å². The van der Waals surface area contributed by atoms with E-state index in [9.17, 15) is 25.2 Å². The lowest BCUT2D eigenvalue weighted by molar-refractivity contribution is -0.132. The molecule has 4 unspecified atom stereocenters. The number of hydrogen-bond acceptors (Lipinski definition) is 5. The minimum absolute atomic E-state index is 0.376. The number of aliphatic hydroxyl groups excluding tert-OH is 4. The highest BCUT2D eigenvalue weighted by Gasteiger charge is 2.28. The summed E-state index contributed by atoms with van der Waals surface area (Å²) < 4.78 is 0. The Morgan fingerprint density at radius 2 is 0.540 bits per heavy atom. The lowest BCUT2D eigenvalue weighted by Crippen LogP contribution is -2.53. The summed E-state index contributed by atoms with van der Waals surface area (Å²) >= 11 is 0. The summed E-state index contributed by atoms with van der Waals surface area (Å²) in [6.07, 6.45) is 60.4. The maximum atomic E-state index is 12.6. The third-order valence-corrected chi connectivity index (χ3v) is 14.1. The normalized spacial score (nSPS) is 13.7. The molecule has 1 amide bonds. The lowest BCUT2D eigenvalue weighted by Gasteiger charge is -2.27. The van der Waals surface area contributed by atoms with Gasteiger partial charge in [0.15, 0.2) is 0 Å². The molecule has 0 aromatic heterocycles. The molecule has 0 aliphatic heterocycles. The van der Waals surface area contributed by atoms with Gasteiger partial charge < -0.3 is 25.7 Å². The summed E-state index contributed by atoms with van der Waals surface area (Å²) in [6, 6.07) is -0.980. The number of amides is 1. The number of rotatable bonds is 54. The van der Waals surface area contributed by atoms with E-state index in [1.807, 2.05) is 0 Å². The standard InChI is InChI=1S/C57H115NO5/c1-3-5-7-9-11-13-15-17-19-21-22-23-24-25-26-27-28-29-30-31-32-33-34-35-37-39-41-43-45-47-49-51-55(61)57(63)58-53(52-59)56(62)54(60)50-48-46-44-42-40-38-36-20-18-16-14-12-10-8-6-4-2/h53-56,59-62H,3-52H2,1-2H3,(H,58,63). The number of carbonyl (C=O) groups excluding carboxylic acids is 1. The maximum absolute atomic E-state index is 12.6. The van der Waals surface area contributed by atoms with E-state index >= 15 is 0 Å². The minimum Gasteiger partial charge on any atom is -0.394 e. The van der Waals surface area contributed by atoms with Gasteiger partial charge in [-0.05, 0) is 12.8 Å². The summed E-state index contributed by atoms with van der Waals surface area (Å²) in [5.41, 5.74) is 0. The Hall–Kier alpha value is -0.690. The molecule has 6 heteroatoms. The average molecular weight is 895 g/mol. The molecule has 0 heterocycles. The zero-order valence-corrected chi connectivity index (χ0v) is 42.9. The van der Waals surface area contributed by atoms with Crippen LogP contribution in [0.1, 0.15) is 328 Å². The summed E-state index contributed by atoms with van der Waals surface area (Å²) in [4.78, 5) is 12.6. The first-order valence-corrected chi connectivity index (χ1v) is 28.9. The number of aliphatic hydroxyl groups is 4.